The molecular weight excluding hydrogens is 434 g/mol. The third-order valence-electron chi connectivity index (χ3n) is 4.89. The van der Waals surface area contributed by atoms with E-state index in [4.69, 9.17) is 10.2 Å². The zero-order chi connectivity index (χ0) is 24.6. The smallest absolute Gasteiger partial charge is 0.317 e. The van der Waals surface area contributed by atoms with E-state index in [1.165, 1.54) is 6.20 Å². The lowest BCUT2D eigenvalue weighted by atomic mass is 10.3. The highest BCUT2D eigenvalue weighted by atomic mass is 16.5. The molecule has 12 heteroatoms. The van der Waals surface area contributed by atoms with Gasteiger partial charge in [0.1, 0.15) is 0 Å². The van der Waals surface area contributed by atoms with Gasteiger partial charge in [-0.1, -0.05) is 6.92 Å². The SMILES string of the molecule is CCCN(CCN(CCN(CCNCC(=O)O)CC(=O)O)Cc1cccc[n+]1[O-])CC(=O)O. The first-order valence-electron chi connectivity index (χ1n) is 10.9. The van der Waals surface area contributed by atoms with Crippen LogP contribution in [0.1, 0.15) is 19.0 Å². The van der Waals surface area contributed by atoms with Crippen molar-refractivity contribution < 1.29 is 34.4 Å². The number of nitrogens with zero attached hydrogens (tertiary/aromatic N) is 4. The highest BCUT2D eigenvalue weighted by Gasteiger charge is 2.17. The normalized spacial score (nSPS) is 11.4. The summed E-state index contributed by atoms with van der Waals surface area (Å²) in [6.45, 7) is 4.96. The summed E-state index contributed by atoms with van der Waals surface area (Å²) in [6, 6.07) is 5.11. The lowest BCUT2D eigenvalue weighted by Gasteiger charge is -2.28. The van der Waals surface area contributed by atoms with Crippen molar-refractivity contribution in [3.63, 3.8) is 0 Å². The van der Waals surface area contributed by atoms with Crippen LogP contribution in [0, 0.1) is 5.21 Å². The van der Waals surface area contributed by atoms with Crippen LogP contribution >= 0.6 is 0 Å². The summed E-state index contributed by atoms with van der Waals surface area (Å²) in [5.41, 5.74) is 0.533. The molecule has 0 atom stereocenters. The Kier molecular flexibility index (Phi) is 13.6. The van der Waals surface area contributed by atoms with Crippen molar-refractivity contribution in [2.45, 2.75) is 19.9 Å². The molecule has 186 valence electrons. The number of aromatic nitrogens is 1. The van der Waals surface area contributed by atoms with Gasteiger partial charge in [-0.2, -0.15) is 4.73 Å². The fourth-order valence-corrected chi connectivity index (χ4v) is 3.32. The summed E-state index contributed by atoms with van der Waals surface area (Å²) in [6.07, 6.45) is 2.22. The second kappa shape index (κ2) is 15.9. The molecule has 0 radical (unpaired) electrons. The molecule has 0 aliphatic carbocycles. The second-order valence-electron chi connectivity index (χ2n) is 7.70. The first kappa shape index (κ1) is 28.2. The van der Waals surface area contributed by atoms with Crippen molar-refractivity contribution >= 4 is 17.9 Å². The van der Waals surface area contributed by atoms with Gasteiger partial charge in [0.2, 0.25) is 5.69 Å². The molecule has 1 rings (SSSR count). The van der Waals surface area contributed by atoms with Gasteiger partial charge in [0.05, 0.1) is 26.2 Å². The molecule has 0 bridgehead atoms. The molecule has 0 aliphatic heterocycles. The molecule has 1 heterocycles. The fraction of sp³-hybridized carbons (Fsp3) is 0.619. The number of nitrogens with one attached hydrogen (secondary N) is 1. The quantitative estimate of drug-likeness (QED) is 0.111. The Labute approximate surface area is 193 Å². The van der Waals surface area contributed by atoms with Gasteiger partial charge in [-0.15, -0.1) is 0 Å². The maximum atomic E-state index is 12.1. The predicted octanol–water partition coefficient (Wildman–Crippen LogP) is -1.02. The number of carboxylic acids is 3. The highest BCUT2D eigenvalue weighted by Crippen LogP contribution is 2.03. The Morgan fingerprint density at radius 3 is 1.97 bits per heavy atom. The van der Waals surface area contributed by atoms with E-state index < -0.39 is 17.9 Å². The van der Waals surface area contributed by atoms with Gasteiger partial charge < -0.3 is 25.8 Å². The van der Waals surface area contributed by atoms with Crippen molar-refractivity contribution in [1.29, 1.82) is 0 Å². The van der Waals surface area contributed by atoms with Gasteiger partial charge >= 0.3 is 17.9 Å². The second-order valence-corrected chi connectivity index (χ2v) is 7.70. The summed E-state index contributed by atoms with van der Waals surface area (Å²) in [5.74, 6) is -2.88. The van der Waals surface area contributed by atoms with Crippen LogP contribution in [0.25, 0.3) is 0 Å². The van der Waals surface area contributed by atoms with Crippen LogP contribution < -0.4 is 10.0 Å². The average Bonchev–Trinajstić information content (AvgIpc) is 2.73. The first-order valence-corrected chi connectivity index (χ1v) is 10.9. The summed E-state index contributed by atoms with van der Waals surface area (Å²) < 4.78 is 0.777. The van der Waals surface area contributed by atoms with Crippen molar-refractivity contribution in [3.05, 3.63) is 35.3 Å². The Morgan fingerprint density at radius 1 is 0.879 bits per heavy atom. The number of hydrogen-bond acceptors (Lipinski definition) is 8. The Hall–Kier alpha value is -2.80. The minimum atomic E-state index is -0.990. The minimum absolute atomic E-state index is 0.0744. The zero-order valence-electron chi connectivity index (χ0n) is 19.1. The molecule has 0 fully saturated rings. The Morgan fingerprint density at radius 2 is 1.45 bits per heavy atom. The topological polar surface area (TPSA) is 161 Å². The molecule has 0 aliphatic rings. The largest absolute Gasteiger partial charge is 0.618 e. The van der Waals surface area contributed by atoms with Crippen molar-refractivity contribution in [2.24, 2.45) is 0 Å². The first-order chi connectivity index (χ1) is 15.7. The van der Waals surface area contributed by atoms with Crippen LogP contribution in [-0.4, -0.2) is 113 Å². The molecule has 4 N–H and O–H groups in total. The van der Waals surface area contributed by atoms with E-state index in [0.29, 0.717) is 58.1 Å². The predicted molar refractivity (Wildman–Crippen MR) is 120 cm³/mol. The van der Waals surface area contributed by atoms with Gasteiger partial charge in [0.15, 0.2) is 6.20 Å². The van der Waals surface area contributed by atoms with Crippen molar-refractivity contribution in [3.8, 4) is 0 Å². The standard InChI is InChI=1S/C21H35N5O7/c1-2-7-23(16-20(29)30)10-12-25(15-18-5-3-4-8-26(18)33)13-11-24(17-21(31)32)9-6-22-14-19(27)28/h3-5,8,22H,2,6-7,9-17H2,1H3,(H,27,28)(H,29,30)(H,31,32). The monoisotopic (exact) mass is 469 g/mol. The van der Waals surface area contributed by atoms with E-state index in [2.05, 4.69) is 5.32 Å². The average molecular weight is 470 g/mol. The number of carboxylic acid groups (broad SMARTS) is 3. The van der Waals surface area contributed by atoms with E-state index >= 15 is 0 Å². The van der Waals surface area contributed by atoms with Crippen LogP contribution in [0.3, 0.4) is 0 Å². The molecule has 0 amide bonds. The van der Waals surface area contributed by atoms with E-state index in [-0.39, 0.29) is 19.6 Å². The van der Waals surface area contributed by atoms with Gasteiger partial charge in [0.25, 0.3) is 0 Å². The number of aliphatic carboxylic acids is 3. The lowest BCUT2D eigenvalue weighted by Crippen LogP contribution is -2.45. The summed E-state index contributed by atoms with van der Waals surface area (Å²) in [5, 5.41) is 41.9. The summed E-state index contributed by atoms with van der Waals surface area (Å²) >= 11 is 0. The van der Waals surface area contributed by atoms with Crippen LogP contribution in [-0.2, 0) is 20.9 Å². The Bertz CT molecular complexity index is 749. The molecule has 0 unspecified atom stereocenters. The molecule has 1 aromatic rings. The van der Waals surface area contributed by atoms with Crippen LogP contribution in [0.5, 0.6) is 0 Å². The van der Waals surface area contributed by atoms with Gasteiger partial charge in [-0.3, -0.25) is 29.1 Å². The van der Waals surface area contributed by atoms with Crippen molar-refractivity contribution in [2.75, 3.05) is 65.4 Å². The maximum absolute atomic E-state index is 12.1. The molecule has 1 aromatic heterocycles. The van der Waals surface area contributed by atoms with E-state index in [0.717, 1.165) is 11.2 Å². The molecule has 12 nitrogen and oxygen atoms in total. The number of rotatable bonds is 19. The fourth-order valence-electron chi connectivity index (χ4n) is 3.32. The molecule has 0 saturated carbocycles. The number of hydrogen-bond donors (Lipinski definition) is 4. The van der Waals surface area contributed by atoms with E-state index in [9.17, 15) is 24.7 Å². The highest BCUT2D eigenvalue weighted by molar-refractivity contribution is 5.69. The van der Waals surface area contributed by atoms with Crippen molar-refractivity contribution in [1.82, 2.24) is 20.0 Å². The number of carbonyl (C=O) groups is 3. The van der Waals surface area contributed by atoms with E-state index in [1.807, 2.05) is 16.7 Å². The van der Waals surface area contributed by atoms with Gasteiger partial charge in [-0.25, -0.2) is 0 Å². The molecule has 0 spiro atoms. The lowest BCUT2D eigenvalue weighted by molar-refractivity contribution is -0.615. The molecule has 33 heavy (non-hydrogen) atoms. The van der Waals surface area contributed by atoms with Gasteiger partial charge in [0, 0.05) is 51.4 Å². The minimum Gasteiger partial charge on any atom is -0.618 e. The van der Waals surface area contributed by atoms with E-state index in [1.54, 1.807) is 23.1 Å². The third kappa shape index (κ3) is 13.4. The molecule has 0 saturated heterocycles. The summed E-state index contributed by atoms with van der Waals surface area (Å²) in [7, 11) is 0. The van der Waals surface area contributed by atoms with Crippen LogP contribution in [0.15, 0.2) is 24.4 Å². The zero-order valence-corrected chi connectivity index (χ0v) is 19.1. The third-order valence-corrected chi connectivity index (χ3v) is 4.89. The molecule has 0 aromatic carbocycles. The molecular formula is C21H35N5O7. The maximum Gasteiger partial charge on any atom is 0.317 e. The Balaban J connectivity index is 2.80. The number of pyridine rings is 1. The summed E-state index contributed by atoms with van der Waals surface area (Å²) in [4.78, 5) is 38.5. The van der Waals surface area contributed by atoms with Crippen LogP contribution in [0.2, 0.25) is 0 Å². The van der Waals surface area contributed by atoms with Gasteiger partial charge in [-0.05, 0) is 19.0 Å². The van der Waals surface area contributed by atoms with Crippen LogP contribution in [0.4, 0.5) is 0 Å².